The number of imidazole rings is 1. The molecule has 2 N–H and O–H groups in total. The average molecular weight is 393 g/mol. The van der Waals surface area contributed by atoms with Crippen LogP contribution in [0.5, 0.6) is 0 Å². The molecule has 0 aliphatic carbocycles. The topological polar surface area (TPSA) is 88.4 Å². The number of aliphatic imine (C=N–C) groups is 1. The van der Waals surface area contributed by atoms with E-state index in [4.69, 9.17) is 0 Å². The lowest BCUT2D eigenvalue weighted by Gasteiger charge is -2.16. The molecule has 0 bridgehead atoms. The highest BCUT2D eigenvalue weighted by Crippen LogP contribution is 2.17. The highest BCUT2D eigenvalue weighted by Gasteiger charge is 2.28. The van der Waals surface area contributed by atoms with E-state index in [9.17, 15) is 12.8 Å². The minimum Gasteiger partial charge on any atom is -0.357 e. The molecule has 1 aromatic carbocycles. The highest BCUT2D eigenvalue weighted by molar-refractivity contribution is 7.91. The van der Waals surface area contributed by atoms with Crippen LogP contribution in [0.2, 0.25) is 0 Å². The first-order valence-electron chi connectivity index (χ1n) is 8.92. The third-order valence-corrected chi connectivity index (χ3v) is 6.20. The zero-order valence-electron chi connectivity index (χ0n) is 15.4. The molecule has 1 aliphatic rings. The summed E-state index contributed by atoms with van der Waals surface area (Å²) in [7, 11) is -2.96. The van der Waals surface area contributed by atoms with Gasteiger partial charge in [0.25, 0.3) is 0 Å². The van der Waals surface area contributed by atoms with Gasteiger partial charge >= 0.3 is 0 Å². The van der Waals surface area contributed by atoms with Crippen molar-refractivity contribution in [2.75, 3.05) is 18.1 Å². The summed E-state index contributed by atoms with van der Waals surface area (Å²) in [5.41, 5.74) is 1.17. The summed E-state index contributed by atoms with van der Waals surface area (Å²) in [5.74, 6) is 1.22. The standard InChI is InChI=1S/C18H24FN5O2S/c1-3-20-18(23-15-6-9-27(25,26)12-15)22-11-14-4-5-17(16(19)10-14)24-8-7-21-13(24)2/h4-5,7-8,10,15H,3,6,9,11-12H2,1-2H3,(H2,20,22,23). The Balaban J connectivity index is 1.70. The lowest BCUT2D eigenvalue weighted by molar-refractivity contribution is 0.599. The van der Waals surface area contributed by atoms with Gasteiger partial charge in [-0.05, 0) is 38.0 Å². The van der Waals surface area contributed by atoms with Crippen LogP contribution in [0.25, 0.3) is 5.69 Å². The molecule has 1 aromatic heterocycles. The van der Waals surface area contributed by atoms with E-state index in [1.807, 2.05) is 19.9 Å². The highest BCUT2D eigenvalue weighted by atomic mass is 32.2. The van der Waals surface area contributed by atoms with Crippen molar-refractivity contribution in [2.45, 2.75) is 32.9 Å². The fourth-order valence-electron chi connectivity index (χ4n) is 3.07. The van der Waals surface area contributed by atoms with Gasteiger partial charge < -0.3 is 15.2 Å². The van der Waals surface area contributed by atoms with Crippen LogP contribution < -0.4 is 10.6 Å². The van der Waals surface area contributed by atoms with Crippen LogP contribution in [0, 0.1) is 12.7 Å². The van der Waals surface area contributed by atoms with Gasteiger partial charge in [0, 0.05) is 25.0 Å². The number of aryl methyl sites for hydroxylation is 1. The Kier molecular flexibility index (Phi) is 5.79. The molecule has 9 heteroatoms. The molecule has 2 aromatic rings. The van der Waals surface area contributed by atoms with Crippen LogP contribution in [0.15, 0.2) is 35.6 Å². The van der Waals surface area contributed by atoms with Crippen molar-refractivity contribution < 1.29 is 12.8 Å². The van der Waals surface area contributed by atoms with E-state index in [0.717, 1.165) is 5.56 Å². The van der Waals surface area contributed by atoms with Gasteiger partial charge in [-0.1, -0.05) is 6.07 Å². The Labute approximate surface area is 158 Å². The Morgan fingerprint density at radius 3 is 2.85 bits per heavy atom. The van der Waals surface area contributed by atoms with Gasteiger partial charge in [0.15, 0.2) is 15.8 Å². The van der Waals surface area contributed by atoms with Gasteiger partial charge in [-0.25, -0.2) is 22.8 Å². The Morgan fingerprint density at radius 2 is 2.26 bits per heavy atom. The molecule has 146 valence electrons. The number of nitrogens with zero attached hydrogens (tertiary/aromatic N) is 3. The first-order chi connectivity index (χ1) is 12.9. The number of aromatic nitrogens is 2. The second-order valence-corrected chi connectivity index (χ2v) is 8.80. The lowest BCUT2D eigenvalue weighted by atomic mass is 10.2. The van der Waals surface area contributed by atoms with Gasteiger partial charge in [0.2, 0.25) is 0 Å². The number of sulfone groups is 1. The first kappa shape index (κ1) is 19.3. The Morgan fingerprint density at radius 1 is 1.44 bits per heavy atom. The maximum atomic E-state index is 14.5. The zero-order valence-corrected chi connectivity index (χ0v) is 16.3. The van der Waals surface area contributed by atoms with Gasteiger partial charge in [0.05, 0.1) is 23.7 Å². The van der Waals surface area contributed by atoms with E-state index in [1.165, 1.54) is 6.07 Å². The number of hydrogen-bond acceptors (Lipinski definition) is 4. The summed E-state index contributed by atoms with van der Waals surface area (Å²) in [5, 5.41) is 6.25. The number of hydrogen-bond donors (Lipinski definition) is 2. The summed E-state index contributed by atoms with van der Waals surface area (Å²) in [6.45, 7) is 4.69. The van der Waals surface area contributed by atoms with Gasteiger partial charge in [-0.15, -0.1) is 0 Å². The number of halogens is 1. The lowest BCUT2D eigenvalue weighted by Crippen LogP contribution is -2.44. The molecule has 1 fully saturated rings. The van der Waals surface area contributed by atoms with Crippen LogP contribution >= 0.6 is 0 Å². The third-order valence-electron chi connectivity index (χ3n) is 4.43. The predicted octanol–water partition coefficient (Wildman–Crippen LogP) is 1.56. The summed E-state index contributed by atoms with van der Waals surface area (Å²) in [6.07, 6.45) is 3.92. The summed E-state index contributed by atoms with van der Waals surface area (Å²) in [6, 6.07) is 4.85. The van der Waals surface area contributed by atoms with Gasteiger partial charge in [-0.2, -0.15) is 0 Å². The minimum absolute atomic E-state index is 0.116. The molecular weight excluding hydrogens is 369 g/mol. The number of benzene rings is 1. The second-order valence-electron chi connectivity index (χ2n) is 6.57. The molecule has 1 unspecified atom stereocenters. The maximum absolute atomic E-state index is 14.5. The van der Waals surface area contributed by atoms with Crippen molar-refractivity contribution in [3.8, 4) is 5.69 Å². The van der Waals surface area contributed by atoms with E-state index < -0.39 is 9.84 Å². The number of rotatable bonds is 5. The van der Waals surface area contributed by atoms with Crippen molar-refractivity contribution >= 4 is 15.8 Å². The fraction of sp³-hybridized carbons (Fsp3) is 0.444. The minimum atomic E-state index is -2.96. The third kappa shape index (κ3) is 4.85. The van der Waals surface area contributed by atoms with Crippen molar-refractivity contribution in [1.82, 2.24) is 20.2 Å². The zero-order chi connectivity index (χ0) is 19.4. The van der Waals surface area contributed by atoms with Crippen LogP contribution in [-0.2, 0) is 16.4 Å². The molecule has 0 saturated carbocycles. The summed E-state index contributed by atoms with van der Waals surface area (Å²) >= 11 is 0. The molecule has 0 radical (unpaired) electrons. The SMILES string of the molecule is CCNC(=NCc1ccc(-n2ccnc2C)c(F)c1)NC1CCS(=O)(=O)C1. The van der Waals surface area contributed by atoms with E-state index in [1.54, 1.807) is 23.0 Å². The molecule has 2 heterocycles. The predicted molar refractivity (Wildman–Crippen MR) is 103 cm³/mol. The van der Waals surface area contributed by atoms with Crippen LogP contribution in [-0.4, -0.2) is 48.0 Å². The molecule has 1 saturated heterocycles. The molecular formula is C18H24FN5O2S. The Bertz CT molecular complexity index is 939. The largest absolute Gasteiger partial charge is 0.357 e. The molecule has 3 rings (SSSR count). The van der Waals surface area contributed by atoms with Gasteiger partial charge in [-0.3, -0.25) is 0 Å². The molecule has 0 amide bonds. The van der Waals surface area contributed by atoms with E-state index in [2.05, 4.69) is 20.6 Å². The second kappa shape index (κ2) is 8.08. The molecule has 1 aliphatic heterocycles. The Hall–Kier alpha value is -2.42. The summed E-state index contributed by atoms with van der Waals surface area (Å²) < 4.78 is 39.4. The number of nitrogens with one attached hydrogen (secondary N) is 2. The van der Waals surface area contributed by atoms with E-state index in [-0.39, 0.29) is 29.9 Å². The molecule has 1 atom stereocenters. The van der Waals surface area contributed by atoms with E-state index in [0.29, 0.717) is 30.4 Å². The van der Waals surface area contributed by atoms with Crippen LogP contribution in [0.4, 0.5) is 4.39 Å². The summed E-state index contributed by atoms with van der Waals surface area (Å²) in [4.78, 5) is 8.57. The molecule has 0 spiro atoms. The molecule has 7 nitrogen and oxygen atoms in total. The average Bonchev–Trinajstić information content (AvgIpc) is 3.18. The van der Waals surface area contributed by atoms with E-state index >= 15 is 0 Å². The smallest absolute Gasteiger partial charge is 0.191 e. The quantitative estimate of drug-likeness (QED) is 0.595. The van der Waals surface area contributed by atoms with Crippen molar-refractivity contribution in [3.05, 3.63) is 47.8 Å². The monoisotopic (exact) mass is 393 g/mol. The van der Waals surface area contributed by atoms with Crippen molar-refractivity contribution in [1.29, 1.82) is 0 Å². The fourth-order valence-corrected chi connectivity index (χ4v) is 4.74. The maximum Gasteiger partial charge on any atom is 0.191 e. The van der Waals surface area contributed by atoms with Crippen LogP contribution in [0.1, 0.15) is 24.7 Å². The van der Waals surface area contributed by atoms with Crippen molar-refractivity contribution in [2.24, 2.45) is 4.99 Å². The number of guanidine groups is 1. The van der Waals surface area contributed by atoms with Gasteiger partial charge in [0.1, 0.15) is 11.6 Å². The van der Waals surface area contributed by atoms with Crippen LogP contribution in [0.3, 0.4) is 0 Å². The van der Waals surface area contributed by atoms with Crippen molar-refractivity contribution in [3.63, 3.8) is 0 Å². The molecule has 27 heavy (non-hydrogen) atoms. The first-order valence-corrected chi connectivity index (χ1v) is 10.7. The normalized spacial score (nSPS) is 19.2.